The van der Waals surface area contributed by atoms with Gasteiger partial charge in [0.05, 0.1) is 163 Å². The number of hydrogen-bond donors (Lipinski definition) is 3. The Morgan fingerprint density at radius 2 is 0.622 bits per heavy atom. The minimum atomic E-state index is -3.54. The van der Waals surface area contributed by atoms with Crippen LogP contribution in [-0.2, 0) is 99.2 Å². The number of benzene rings is 3. The van der Waals surface area contributed by atoms with Gasteiger partial charge in [0.15, 0.2) is 48.4 Å². The van der Waals surface area contributed by atoms with E-state index in [0.29, 0.717) is 97.4 Å². The first-order valence-electron chi connectivity index (χ1n) is 54.6. The number of rotatable bonds is 56. The van der Waals surface area contributed by atoms with E-state index in [1.807, 2.05) is 30.3 Å². The Morgan fingerprint density at radius 3 is 0.888 bits per heavy atom. The van der Waals surface area contributed by atoms with E-state index in [4.69, 9.17) is 91.6 Å². The third-order valence-corrected chi connectivity index (χ3v) is 39.6. The smallest absolute Gasteiger partial charge is 0.178 e. The maximum absolute atomic E-state index is 13.6. The highest BCUT2D eigenvalue weighted by Gasteiger charge is 2.50. The number of aryl methyl sites for hydroxylation is 2. The molecular formula is C116H181Cl3O21S3. The number of alkyl halides is 3. The van der Waals surface area contributed by atoms with Gasteiger partial charge in [0.25, 0.3) is 0 Å². The van der Waals surface area contributed by atoms with Crippen LogP contribution in [0.3, 0.4) is 0 Å². The van der Waals surface area contributed by atoms with Gasteiger partial charge in [-0.05, 0) is 269 Å². The SMILES string of the molecule is C=C([C@H](C)C[C@@H](Cl)CC[C@@H]1O[C@@H](CCC2OCCCO2)CC1=C)[C@H](O)C[C@@H]1O[C@H](C[C@H](C)CC)[C@H](C)[C@H]1CS(=O)(=O)c1ccc(CC)cc1.C=C([C@H](C)C[C@@H](Cl)CC[C@@H]1O[C@@H](CCC2OCCO2)CC1=C)[C@H](O)C[C@@H]1O[C@H](C[C@H](C)CC)[C@H](C)[C@H]1CS(=O)(=O)c1ccc(CC)cc1.C=C([C@H](C)C[C@@H](Cl)CC[C@@H]1O[C@@H](CCC2OCCO2)CC1=C)[C@H](O)C[C@@H]1O[C@H](C[C@H](C)CC)[C@H](C)[C@H]1CS(=O)(=O)c1ccccc1. The third kappa shape index (κ3) is 37.0. The molecule has 9 fully saturated rings. The van der Waals surface area contributed by atoms with Crippen molar-refractivity contribution in [1.82, 2.24) is 0 Å². The quantitative estimate of drug-likeness (QED) is 0.0350. The van der Waals surface area contributed by atoms with Crippen LogP contribution in [0.25, 0.3) is 0 Å². The Morgan fingerprint density at radius 1 is 0.357 bits per heavy atom. The van der Waals surface area contributed by atoms with Crippen molar-refractivity contribution >= 4 is 64.3 Å². The molecule has 21 nitrogen and oxygen atoms in total. The van der Waals surface area contributed by atoms with Crippen LogP contribution in [0.4, 0.5) is 0 Å². The molecule has 0 aromatic heterocycles. The van der Waals surface area contributed by atoms with Crippen LogP contribution in [0.2, 0.25) is 0 Å². The molecule has 9 saturated heterocycles. The summed E-state index contributed by atoms with van der Waals surface area (Å²) in [5, 5.41) is 33.9. The fourth-order valence-corrected chi connectivity index (χ4v) is 28.8. The molecule has 0 unspecified atom stereocenters. The number of aliphatic hydroxyl groups excluding tert-OH is 3. The number of aliphatic hydroxyl groups is 3. The summed E-state index contributed by atoms with van der Waals surface area (Å²) in [5.74, 6) is 0.842. The molecule has 9 aliphatic heterocycles. The second-order valence-corrected chi connectivity index (χ2v) is 51.9. The second-order valence-electron chi connectivity index (χ2n) is 43.9. The predicted molar refractivity (Wildman–Crippen MR) is 574 cm³/mol. The first-order valence-corrected chi connectivity index (χ1v) is 60.8. The van der Waals surface area contributed by atoms with E-state index in [-0.39, 0.29) is 179 Å². The summed E-state index contributed by atoms with van der Waals surface area (Å²) in [4.78, 5) is 1.02. The van der Waals surface area contributed by atoms with Crippen molar-refractivity contribution in [2.45, 2.75) is 431 Å². The maximum Gasteiger partial charge on any atom is 0.178 e. The van der Waals surface area contributed by atoms with Crippen LogP contribution in [0.5, 0.6) is 0 Å². The largest absolute Gasteiger partial charge is 0.389 e. The lowest BCUT2D eigenvalue weighted by Crippen LogP contribution is -2.32. The molecule has 27 heteroatoms. The zero-order valence-electron chi connectivity index (χ0n) is 88.9. The lowest BCUT2D eigenvalue weighted by Gasteiger charge is -2.27. The zero-order chi connectivity index (χ0) is 104. The predicted octanol–water partition coefficient (Wildman–Crippen LogP) is 24.0. The molecule has 3 aromatic rings. The van der Waals surface area contributed by atoms with E-state index in [1.54, 1.807) is 48.5 Å². The lowest BCUT2D eigenvalue weighted by atomic mass is 9.83. The van der Waals surface area contributed by atoms with Crippen molar-refractivity contribution in [3.05, 3.63) is 163 Å². The van der Waals surface area contributed by atoms with Gasteiger partial charge in [-0.15, -0.1) is 34.8 Å². The monoisotopic (exact) mass is 2110 g/mol. The molecule has 0 amide bonds. The molecule has 0 bridgehead atoms. The van der Waals surface area contributed by atoms with E-state index in [0.717, 1.165) is 212 Å². The summed E-state index contributed by atoms with van der Waals surface area (Å²) in [6, 6.07) is 23.1. The zero-order valence-corrected chi connectivity index (χ0v) is 93.6. The van der Waals surface area contributed by atoms with Crippen LogP contribution >= 0.6 is 34.8 Å². The summed E-state index contributed by atoms with van der Waals surface area (Å²) in [6.45, 7) is 59.5. The van der Waals surface area contributed by atoms with Crippen LogP contribution < -0.4 is 0 Å². The standard InChI is InChI=1S/C40H63ClO7S.C39H61ClO7S.C37H57ClO7S/c1-8-26(3)21-38-30(7)35(25-49(43,44)34-15-11-31(9-2)12-16-34)39(48-38)24-36(42)29(6)27(4)22-32(41)13-17-37-28(5)23-33(47-37)14-18-40-45-19-10-20-46-40;1-8-25(3)20-37-29(7)34(24-48(42,43)33-14-10-30(9-2)11-15-33)38(47-37)23-35(41)28(6)26(4)21-31(40)12-16-36-27(5)22-32(46-36)13-17-39-44-18-19-45-39;1-7-24(2)19-35-28(6)32(23-46(40,41)31-11-9-8-10-12-31)36(45-35)22-33(39)27(5)25(3)20-29(38)13-15-34-26(4)21-30(44-34)14-16-37-42-17-18-43-37/h11-12,15-16,26-27,30,32-33,35-40,42H,5-6,8-10,13-14,17-25H2,1-4,7H3;10-11,14-15,25-26,29,31-32,34-39,41H,5-6,8-9,12-13,16-24H2,1-4,7H3;8-12,24-25,28-30,32-37,39H,4-5,7,13-23H2,1-3,6H3/t26-,27-,30-,32+,33+,35-,36-,37+,38-,39+;25-,26-,29-,31+,32+,34-,35-,36+,37-,38+;24-,25-,28-,29+,30+,32-,33-,34+,35-,36+/m111/s1. The van der Waals surface area contributed by atoms with Crippen molar-refractivity contribution in [2.24, 2.45) is 71.0 Å². The average Bonchev–Trinajstić information content (AvgIpc) is 1.65. The second kappa shape index (κ2) is 58.9. The highest BCUT2D eigenvalue weighted by molar-refractivity contribution is 7.92. The van der Waals surface area contributed by atoms with E-state index in [9.17, 15) is 40.6 Å². The fourth-order valence-electron chi connectivity index (χ4n) is 22.3. The number of ether oxygens (including phenoxy) is 12. The van der Waals surface area contributed by atoms with Crippen LogP contribution in [0.15, 0.2) is 166 Å². The fraction of sp³-hybridized carbons (Fsp3) is 0.741. The average molecular weight is 2110 g/mol. The third-order valence-electron chi connectivity index (χ3n) is 32.9. The minimum Gasteiger partial charge on any atom is -0.389 e. The van der Waals surface area contributed by atoms with Crippen molar-refractivity contribution in [1.29, 1.82) is 0 Å². The molecule has 0 spiro atoms. The van der Waals surface area contributed by atoms with Gasteiger partial charge >= 0.3 is 0 Å². The van der Waals surface area contributed by atoms with Crippen LogP contribution in [-0.4, -0.2) is 224 Å². The molecule has 12 rings (SSSR count). The molecule has 9 aliphatic rings. The normalized spacial score (nSPS) is 29.5. The summed E-state index contributed by atoms with van der Waals surface area (Å²) in [7, 11) is -10.6. The first kappa shape index (κ1) is 121. The number of hydrogen-bond acceptors (Lipinski definition) is 21. The van der Waals surface area contributed by atoms with Crippen molar-refractivity contribution in [3.63, 3.8) is 0 Å². The molecule has 9 heterocycles. The van der Waals surface area contributed by atoms with E-state index < -0.39 is 47.8 Å². The summed E-state index contributed by atoms with van der Waals surface area (Å²) < 4.78 is 154. The van der Waals surface area contributed by atoms with Gasteiger partial charge in [-0.25, -0.2) is 25.3 Å². The van der Waals surface area contributed by atoms with Gasteiger partial charge in [-0.3, -0.25) is 0 Å². The highest BCUT2D eigenvalue weighted by Crippen LogP contribution is 2.47. The Kier molecular flexibility index (Phi) is 49.9. The van der Waals surface area contributed by atoms with Crippen molar-refractivity contribution in [3.8, 4) is 0 Å². The summed E-state index contributed by atoms with van der Waals surface area (Å²) in [5.41, 5.74) is 7.74. The molecule has 3 aromatic carbocycles. The van der Waals surface area contributed by atoms with Crippen molar-refractivity contribution < 1.29 is 97.4 Å². The van der Waals surface area contributed by atoms with E-state index >= 15 is 0 Å². The van der Waals surface area contributed by atoms with E-state index in [1.165, 1.54) is 0 Å². The molecule has 143 heavy (non-hydrogen) atoms. The lowest BCUT2D eigenvalue weighted by molar-refractivity contribution is -0.184. The molecule has 30 atom stereocenters. The molecule has 0 saturated carbocycles. The molecule has 0 aliphatic carbocycles. The maximum atomic E-state index is 13.6. The van der Waals surface area contributed by atoms with Gasteiger partial charge in [-0.1, -0.05) is 198 Å². The minimum absolute atomic E-state index is 0.00264. The first-order chi connectivity index (χ1) is 68.0. The van der Waals surface area contributed by atoms with Crippen LogP contribution in [0, 0.1) is 71.0 Å². The molecule has 3 N–H and O–H groups in total. The molecule has 810 valence electrons. The van der Waals surface area contributed by atoms with Crippen LogP contribution in [0.1, 0.15) is 288 Å². The summed E-state index contributed by atoms with van der Waals surface area (Å²) in [6.07, 6.45) is 20.3. The van der Waals surface area contributed by atoms with E-state index in [2.05, 4.69) is 136 Å². The number of halogens is 3. The molecule has 0 radical (unpaired) electrons. The Labute approximate surface area is 877 Å². The Balaban J connectivity index is 0.000000220. The highest BCUT2D eigenvalue weighted by atomic mass is 35.5. The van der Waals surface area contributed by atoms with Crippen molar-refractivity contribution in [2.75, 3.05) is 56.9 Å². The Bertz CT molecular complexity index is 4720. The number of sulfone groups is 3. The van der Waals surface area contributed by atoms with Gasteiger partial charge in [0.1, 0.15) is 0 Å². The van der Waals surface area contributed by atoms with Gasteiger partial charge in [-0.2, -0.15) is 0 Å². The van der Waals surface area contributed by atoms with Gasteiger partial charge in [0.2, 0.25) is 0 Å². The van der Waals surface area contributed by atoms with Gasteiger partial charge in [0, 0.05) is 72.4 Å². The topological polar surface area (TPSA) is 274 Å². The van der Waals surface area contributed by atoms with Gasteiger partial charge < -0.3 is 72.2 Å². The summed E-state index contributed by atoms with van der Waals surface area (Å²) >= 11 is 20.5. The molecular weight excluding hydrogens is 1930 g/mol. The Hall–Kier alpha value is -3.78.